The standard InChI is InChI=1S/C13H21N5O2/c1-2-17(11-3-4-11)13(20)9-18-12(19)7-10(8-16-18)15-6-5-14/h7-8,11,15H,2-6,9,14H2,1H3. The number of rotatable bonds is 7. The Balaban J connectivity index is 2.01. The van der Waals surface area contributed by atoms with Gasteiger partial charge in [-0.3, -0.25) is 9.59 Å². The number of aromatic nitrogens is 2. The molecule has 0 bridgehead atoms. The van der Waals surface area contributed by atoms with Crippen molar-refractivity contribution >= 4 is 11.6 Å². The minimum Gasteiger partial charge on any atom is -0.382 e. The van der Waals surface area contributed by atoms with Crippen LogP contribution < -0.4 is 16.6 Å². The molecule has 1 aromatic rings. The zero-order chi connectivity index (χ0) is 14.5. The summed E-state index contributed by atoms with van der Waals surface area (Å²) < 4.78 is 1.20. The van der Waals surface area contributed by atoms with Crippen LogP contribution in [0.15, 0.2) is 17.1 Å². The molecular formula is C13H21N5O2. The fourth-order valence-corrected chi connectivity index (χ4v) is 2.11. The van der Waals surface area contributed by atoms with E-state index in [0.29, 0.717) is 31.4 Å². The van der Waals surface area contributed by atoms with Gasteiger partial charge >= 0.3 is 0 Å². The molecule has 1 heterocycles. The second kappa shape index (κ2) is 6.51. The van der Waals surface area contributed by atoms with Crippen molar-refractivity contribution in [1.29, 1.82) is 0 Å². The molecule has 3 N–H and O–H groups in total. The molecule has 2 rings (SSSR count). The molecule has 0 aromatic carbocycles. The molecule has 20 heavy (non-hydrogen) atoms. The number of hydrogen-bond donors (Lipinski definition) is 2. The topological polar surface area (TPSA) is 93.2 Å². The molecule has 0 saturated heterocycles. The van der Waals surface area contributed by atoms with Gasteiger partial charge in [0.2, 0.25) is 5.91 Å². The summed E-state index contributed by atoms with van der Waals surface area (Å²) in [5, 5.41) is 7.00. The summed E-state index contributed by atoms with van der Waals surface area (Å²) in [6.07, 6.45) is 3.66. The van der Waals surface area contributed by atoms with Crippen molar-refractivity contribution in [1.82, 2.24) is 14.7 Å². The number of nitrogens with two attached hydrogens (primary N) is 1. The number of hydrogen-bond acceptors (Lipinski definition) is 5. The molecule has 110 valence electrons. The zero-order valence-corrected chi connectivity index (χ0v) is 11.7. The van der Waals surface area contributed by atoms with E-state index in [1.54, 1.807) is 0 Å². The molecule has 1 saturated carbocycles. The van der Waals surface area contributed by atoms with E-state index in [4.69, 9.17) is 5.73 Å². The highest BCUT2D eigenvalue weighted by molar-refractivity contribution is 5.76. The second-order valence-electron chi connectivity index (χ2n) is 4.87. The number of likely N-dealkylation sites (N-methyl/N-ethyl adjacent to an activating group) is 1. The maximum atomic E-state index is 12.1. The lowest BCUT2D eigenvalue weighted by molar-refractivity contribution is -0.132. The molecule has 0 radical (unpaired) electrons. The largest absolute Gasteiger partial charge is 0.382 e. The molecule has 0 atom stereocenters. The van der Waals surface area contributed by atoms with Gasteiger partial charge in [0.15, 0.2) is 0 Å². The van der Waals surface area contributed by atoms with Crippen molar-refractivity contribution in [3.05, 3.63) is 22.6 Å². The highest BCUT2D eigenvalue weighted by Crippen LogP contribution is 2.26. The first kappa shape index (κ1) is 14.5. The predicted molar refractivity (Wildman–Crippen MR) is 76.5 cm³/mol. The predicted octanol–water partition coefficient (Wildman–Crippen LogP) is -0.375. The Morgan fingerprint density at radius 3 is 2.90 bits per heavy atom. The third kappa shape index (κ3) is 3.57. The van der Waals surface area contributed by atoms with Gasteiger partial charge in [-0.15, -0.1) is 0 Å². The fourth-order valence-electron chi connectivity index (χ4n) is 2.11. The lowest BCUT2D eigenvalue weighted by Crippen LogP contribution is -2.38. The van der Waals surface area contributed by atoms with Gasteiger partial charge in [0.05, 0.1) is 11.9 Å². The summed E-state index contributed by atoms with van der Waals surface area (Å²) in [6, 6.07) is 1.79. The van der Waals surface area contributed by atoms with Crippen LogP contribution in [0.1, 0.15) is 19.8 Å². The van der Waals surface area contributed by atoms with Gasteiger partial charge in [-0.2, -0.15) is 5.10 Å². The fraction of sp³-hybridized carbons (Fsp3) is 0.615. The zero-order valence-electron chi connectivity index (χ0n) is 11.7. The average molecular weight is 279 g/mol. The van der Waals surface area contributed by atoms with E-state index in [1.807, 2.05) is 11.8 Å². The highest BCUT2D eigenvalue weighted by atomic mass is 16.2. The first-order valence-corrected chi connectivity index (χ1v) is 6.96. The normalized spacial score (nSPS) is 14.1. The Kier molecular flexibility index (Phi) is 4.73. The van der Waals surface area contributed by atoms with Gasteiger partial charge < -0.3 is 16.0 Å². The number of nitrogens with one attached hydrogen (secondary N) is 1. The van der Waals surface area contributed by atoms with Crippen LogP contribution in [0, 0.1) is 0 Å². The molecular weight excluding hydrogens is 258 g/mol. The molecule has 0 unspecified atom stereocenters. The molecule has 1 fully saturated rings. The summed E-state index contributed by atoms with van der Waals surface area (Å²) in [6.45, 7) is 3.69. The van der Waals surface area contributed by atoms with E-state index in [1.165, 1.54) is 16.9 Å². The minimum atomic E-state index is -0.285. The van der Waals surface area contributed by atoms with Gasteiger partial charge in [-0.05, 0) is 19.8 Å². The summed E-state index contributed by atoms with van der Waals surface area (Å²) >= 11 is 0. The molecule has 7 nitrogen and oxygen atoms in total. The number of anilines is 1. The molecule has 7 heteroatoms. The van der Waals surface area contributed by atoms with Crippen LogP contribution >= 0.6 is 0 Å². The Morgan fingerprint density at radius 2 is 2.35 bits per heavy atom. The van der Waals surface area contributed by atoms with E-state index < -0.39 is 0 Å². The van der Waals surface area contributed by atoms with Crippen LogP contribution in [-0.4, -0.2) is 46.3 Å². The molecule has 1 aliphatic rings. The molecule has 1 aliphatic carbocycles. The highest BCUT2D eigenvalue weighted by Gasteiger charge is 2.31. The first-order chi connectivity index (χ1) is 9.65. The van der Waals surface area contributed by atoms with E-state index in [9.17, 15) is 9.59 Å². The molecule has 0 aliphatic heterocycles. The van der Waals surface area contributed by atoms with Crippen molar-refractivity contribution in [2.24, 2.45) is 5.73 Å². The average Bonchev–Trinajstić information content (AvgIpc) is 3.24. The van der Waals surface area contributed by atoms with E-state index in [0.717, 1.165) is 12.8 Å². The molecule has 0 spiro atoms. The number of carbonyl (C=O) groups excluding carboxylic acids is 1. The van der Waals surface area contributed by atoms with Crippen molar-refractivity contribution in [3.63, 3.8) is 0 Å². The van der Waals surface area contributed by atoms with Crippen LogP contribution in [0.2, 0.25) is 0 Å². The Bertz CT molecular complexity index is 524. The summed E-state index contributed by atoms with van der Waals surface area (Å²) in [5.74, 6) is -0.0488. The van der Waals surface area contributed by atoms with Crippen LogP contribution in [0.25, 0.3) is 0 Å². The Hall–Kier alpha value is -1.89. The van der Waals surface area contributed by atoms with Crippen molar-refractivity contribution in [3.8, 4) is 0 Å². The second-order valence-corrected chi connectivity index (χ2v) is 4.87. The summed E-state index contributed by atoms with van der Waals surface area (Å²) in [7, 11) is 0. The Morgan fingerprint density at radius 1 is 1.60 bits per heavy atom. The number of carbonyl (C=O) groups is 1. The smallest absolute Gasteiger partial charge is 0.269 e. The third-order valence-corrected chi connectivity index (χ3v) is 3.28. The maximum Gasteiger partial charge on any atom is 0.269 e. The summed E-state index contributed by atoms with van der Waals surface area (Å²) in [5.41, 5.74) is 5.72. The van der Waals surface area contributed by atoms with Crippen LogP contribution in [0.3, 0.4) is 0 Å². The van der Waals surface area contributed by atoms with Crippen molar-refractivity contribution in [2.75, 3.05) is 25.0 Å². The molecule has 1 amide bonds. The van der Waals surface area contributed by atoms with Crippen molar-refractivity contribution in [2.45, 2.75) is 32.4 Å². The van der Waals surface area contributed by atoms with Crippen LogP contribution in [-0.2, 0) is 11.3 Å². The maximum absolute atomic E-state index is 12.1. The lowest BCUT2D eigenvalue weighted by Gasteiger charge is -2.20. The van der Waals surface area contributed by atoms with E-state index in [-0.39, 0.29) is 18.0 Å². The van der Waals surface area contributed by atoms with Crippen molar-refractivity contribution < 1.29 is 4.79 Å². The number of amides is 1. The van der Waals surface area contributed by atoms with Crippen LogP contribution in [0.5, 0.6) is 0 Å². The quantitative estimate of drug-likeness (QED) is 0.710. The first-order valence-electron chi connectivity index (χ1n) is 6.96. The van der Waals surface area contributed by atoms with Gasteiger partial charge in [0.25, 0.3) is 5.56 Å². The lowest BCUT2D eigenvalue weighted by atomic mass is 10.4. The third-order valence-electron chi connectivity index (χ3n) is 3.28. The summed E-state index contributed by atoms with van der Waals surface area (Å²) in [4.78, 5) is 25.8. The Labute approximate surface area is 117 Å². The van der Waals surface area contributed by atoms with Gasteiger partial charge in [0.1, 0.15) is 6.54 Å². The number of nitrogens with zero attached hydrogens (tertiary/aromatic N) is 3. The SMILES string of the molecule is CCN(C(=O)Cn1ncc(NCCN)cc1=O)C1CC1. The van der Waals surface area contributed by atoms with Gasteiger partial charge in [0, 0.05) is 31.7 Å². The van der Waals surface area contributed by atoms with E-state index >= 15 is 0 Å². The minimum absolute atomic E-state index is 0.000340. The monoisotopic (exact) mass is 279 g/mol. The molecule has 1 aromatic heterocycles. The van der Waals surface area contributed by atoms with Gasteiger partial charge in [-0.1, -0.05) is 0 Å². The van der Waals surface area contributed by atoms with Crippen LogP contribution in [0.4, 0.5) is 5.69 Å². The van der Waals surface area contributed by atoms with Gasteiger partial charge in [-0.25, -0.2) is 4.68 Å². The van der Waals surface area contributed by atoms with E-state index in [2.05, 4.69) is 10.4 Å².